The zero-order chi connectivity index (χ0) is 14.4. The van der Waals surface area contributed by atoms with Crippen molar-refractivity contribution < 1.29 is 9.18 Å². The van der Waals surface area contributed by atoms with Crippen LogP contribution in [0.5, 0.6) is 0 Å². The van der Waals surface area contributed by atoms with Gasteiger partial charge in [-0.25, -0.2) is 4.39 Å². The van der Waals surface area contributed by atoms with Gasteiger partial charge in [-0.1, -0.05) is 19.1 Å². The number of amides is 1. The molecule has 0 aliphatic carbocycles. The number of carbonyl (C=O) groups is 1. The number of anilines is 1. The van der Waals surface area contributed by atoms with Crippen LogP contribution in [0.4, 0.5) is 10.1 Å². The lowest BCUT2D eigenvalue weighted by molar-refractivity contribution is -0.119. The molecular weight excluding hydrogens is 265 g/mol. The van der Waals surface area contributed by atoms with Crippen molar-refractivity contribution in [3.8, 4) is 0 Å². The first kappa shape index (κ1) is 15.4. The van der Waals surface area contributed by atoms with E-state index < -0.39 is 5.82 Å². The predicted molar refractivity (Wildman–Crippen MR) is 78.9 cm³/mol. The fourth-order valence-electron chi connectivity index (χ4n) is 1.72. The molecule has 0 atom stereocenters. The molecule has 0 aliphatic heterocycles. The molecule has 3 N–H and O–H groups in total. The number of hydrogen-bond donors (Lipinski definition) is 2. The number of nitrogens with two attached hydrogens (primary N) is 1. The zero-order valence-electron chi connectivity index (χ0n) is 11.1. The van der Waals surface area contributed by atoms with E-state index in [0.717, 1.165) is 6.42 Å². The largest absolute Gasteiger partial charge is 0.389 e. The first-order valence-corrected chi connectivity index (χ1v) is 6.45. The molecule has 0 aromatic heterocycles. The fourth-order valence-corrected chi connectivity index (χ4v) is 1.85. The van der Waals surface area contributed by atoms with Crippen LogP contribution in [0.25, 0.3) is 0 Å². The Hall–Kier alpha value is -1.69. The van der Waals surface area contributed by atoms with Gasteiger partial charge >= 0.3 is 0 Å². The lowest BCUT2D eigenvalue weighted by Gasteiger charge is -2.24. The van der Waals surface area contributed by atoms with Crippen molar-refractivity contribution in [3.63, 3.8) is 0 Å². The second kappa shape index (κ2) is 7.04. The molecular formula is C13H18FN3OS. The molecule has 0 aliphatic rings. The summed E-state index contributed by atoms with van der Waals surface area (Å²) in [6.45, 7) is 2.68. The van der Waals surface area contributed by atoms with Crippen LogP contribution in [-0.4, -0.2) is 31.0 Å². The topological polar surface area (TPSA) is 58.4 Å². The Balaban J connectivity index is 3.02. The van der Waals surface area contributed by atoms with Crippen LogP contribution in [0.15, 0.2) is 18.2 Å². The van der Waals surface area contributed by atoms with Crippen LogP contribution in [0.1, 0.15) is 18.9 Å². The second-order valence-electron chi connectivity index (χ2n) is 4.13. The minimum Gasteiger partial charge on any atom is -0.389 e. The van der Waals surface area contributed by atoms with Gasteiger partial charge in [0.05, 0.1) is 12.2 Å². The Bertz CT molecular complexity index is 479. The molecule has 6 heteroatoms. The number of nitrogens with one attached hydrogen (secondary N) is 1. The highest BCUT2D eigenvalue weighted by molar-refractivity contribution is 7.80. The van der Waals surface area contributed by atoms with E-state index in [-0.39, 0.29) is 17.4 Å². The summed E-state index contributed by atoms with van der Waals surface area (Å²) in [6, 6.07) is 4.56. The lowest BCUT2D eigenvalue weighted by Crippen LogP contribution is -2.36. The summed E-state index contributed by atoms with van der Waals surface area (Å²) in [6.07, 6.45) is 0.813. The third-order valence-corrected chi connectivity index (χ3v) is 2.92. The van der Waals surface area contributed by atoms with Crippen molar-refractivity contribution in [2.24, 2.45) is 5.73 Å². The van der Waals surface area contributed by atoms with Crippen LogP contribution < -0.4 is 16.0 Å². The van der Waals surface area contributed by atoms with E-state index in [2.05, 4.69) is 5.32 Å². The Morgan fingerprint density at radius 2 is 2.21 bits per heavy atom. The van der Waals surface area contributed by atoms with Gasteiger partial charge in [-0.3, -0.25) is 4.79 Å². The highest BCUT2D eigenvalue weighted by atomic mass is 32.1. The number of likely N-dealkylation sites (N-methyl/N-ethyl adjacent to an activating group) is 1. The van der Waals surface area contributed by atoms with E-state index in [1.165, 1.54) is 6.07 Å². The van der Waals surface area contributed by atoms with Crippen LogP contribution in [0, 0.1) is 5.82 Å². The summed E-state index contributed by atoms with van der Waals surface area (Å²) in [4.78, 5) is 13.3. The van der Waals surface area contributed by atoms with Crippen LogP contribution in [-0.2, 0) is 4.79 Å². The van der Waals surface area contributed by atoms with Crippen LogP contribution >= 0.6 is 12.2 Å². The van der Waals surface area contributed by atoms with E-state index >= 15 is 0 Å². The normalized spacial score (nSPS) is 10.1. The number of carbonyl (C=O) groups excluding carboxylic acids is 1. The molecule has 104 valence electrons. The van der Waals surface area contributed by atoms with Crippen molar-refractivity contribution in [2.75, 3.05) is 25.0 Å². The van der Waals surface area contributed by atoms with Gasteiger partial charge in [-0.2, -0.15) is 0 Å². The molecule has 0 fully saturated rings. The molecule has 19 heavy (non-hydrogen) atoms. The summed E-state index contributed by atoms with van der Waals surface area (Å²) < 4.78 is 14.0. The first-order valence-electron chi connectivity index (χ1n) is 6.04. The Labute approximate surface area is 117 Å². The summed E-state index contributed by atoms with van der Waals surface area (Å²) in [5.74, 6) is -0.589. The Morgan fingerprint density at radius 1 is 1.53 bits per heavy atom. The maximum absolute atomic E-state index is 14.0. The molecule has 4 nitrogen and oxygen atoms in total. The average Bonchev–Trinajstić information content (AvgIpc) is 2.37. The van der Waals surface area contributed by atoms with Crippen molar-refractivity contribution in [2.45, 2.75) is 13.3 Å². The van der Waals surface area contributed by atoms with Gasteiger partial charge in [-0.05, 0) is 24.6 Å². The SMILES string of the molecule is CCCN(CC(=O)NC)c1ccc(C(N)=S)cc1F. The monoisotopic (exact) mass is 283 g/mol. The van der Waals surface area contributed by atoms with Gasteiger partial charge in [0, 0.05) is 19.2 Å². The zero-order valence-corrected chi connectivity index (χ0v) is 11.9. The van der Waals surface area contributed by atoms with E-state index in [9.17, 15) is 9.18 Å². The summed E-state index contributed by atoms with van der Waals surface area (Å²) in [7, 11) is 1.55. The molecule has 0 radical (unpaired) electrons. The summed E-state index contributed by atoms with van der Waals surface area (Å²) in [5.41, 5.74) is 6.32. The number of halogens is 1. The van der Waals surface area contributed by atoms with E-state index in [4.69, 9.17) is 18.0 Å². The number of benzene rings is 1. The molecule has 0 unspecified atom stereocenters. The number of hydrogen-bond acceptors (Lipinski definition) is 3. The fraction of sp³-hybridized carbons (Fsp3) is 0.385. The average molecular weight is 283 g/mol. The number of rotatable bonds is 6. The van der Waals surface area contributed by atoms with Crippen molar-refractivity contribution in [1.29, 1.82) is 0 Å². The molecule has 0 saturated carbocycles. The predicted octanol–water partition coefficient (Wildman–Crippen LogP) is 1.42. The molecule has 0 heterocycles. The van der Waals surface area contributed by atoms with Crippen LogP contribution in [0.2, 0.25) is 0 Å². The van der Waals surface area contributed by atoms with Gasteiger partial charge in [0.1, 0.15) is 10.8 Å². The Morgan fingerprint density at radius 3 is 2.68 bits per heavy atom. The molecule has 1 aromatic carbocycles. The standard InChI is InChI=1S/C13H18FN3OS/c1-3-6-17(8-12(18)16-2)11-5-4-9(13(15)19)7-10(11)14/h4-5,7H,3,6,8H2,1-2H3,(H2,15,19)(H,16,18). The maximum atomic E-state index is 14.0. The van der Waals surface area contributed by atoms with E-state index in [1.54, 1.807) is 24.1 Å². The molecule has 1 aromatic rings. The minimum atomic E-state index is -0.428. The molecule has 0 spiro atoms. The molecule has 0 saturated heterocycles. The first-order chi connectivity index (χ1) is 8.99. The third kappa shape index (κ3) is 4.17. The van der Waals surface area contributed by atoms with Crippen LogP contribution in [0.3, 0.4) is 0 Å². The molecule has 1 amide bonds. The van der Waals surface area contributed by atoms with Crippen molar-refractivity contribution >= 4 is 28.8 Å². The van der Waals surface area contributed by atoms with Crippen molar-refractivity contribution in [3.05, 3.63) is 29.6 Å². The van der Waals surface area contributed by atoms with Gasteiger partial charge in [-0.15, -0.1) is 0 Å². The highest BCUT2D eigenvalue weighted by Gasteiger charge is 2.14. The summed E-state index contributed by atoms with van der Waals surface area (Å²) >= 11 is 4.80. The van der Waals surface area contributed by atoms with E-state index in [1.807, 2.05) is 6.92 Å². The van der Waals surface area contributed by atoms with E-state index in [0.29, 0.717) is 17.8 Å². The third-order valence-electron chi connectivity index (χ3n) is 2.68. The number of thiocarbonyl (C=S) groups is 1. The minimum absolute atomic E-state index is 0.119. The quantitative estimate of drug-likeness (QED) is 0.775. The lowest BCUT2D eigenvalue weighted by atomic mass is 10.1. The molecule has 0 bridgehead atoms. The van der Waals surface area contributed by atoms with Gasteiger partial charge < -0.3 is 16.0 Å². The summed E-state index contributed by atoms with van der Waals surface area (Å²) in [5, 5.41) is 2.53. The second-order valence-corrected chi connectivity index (χ2v) is 4.56. The van der Waals surface area contributed by atoms with Gasteiger partial charge in [0.2, 0.25) is 5.91 Å². The smallest absolute Gasteiger partial charge is 0.239 e. The number of nitrogens with zero attached hydrogens (tertiary/aromatic N) is 1. The maximum Gasteiger partial charge on any atom is 0.239 e. The Kier molecular flexibility index (Phi) is 5.69. The van der Waals surface area contributed by atoms with Crippen molar-refractivity contribution in [1.82, 2.24) is 5.32 Å². The van der Waals surface area contributed by atoms with Gasteiger partial charge in [0.25, 0.3) is 0 Å². The molecule has 1 rings (SSSR count). The van der Waals surface area contributed by atoms with Gasteiger partial charge in [0.15, 0.2) is 0 Å². The highest BCUT2D eigenvalue weighted by Crippen LogP contribution is 2.20.